The van der Waals surface area contributed by atoms with Crippen LogP contribution in [0.25, 0.3) is 0 Å². The first-order chi connectivity index (χ1) is 10.4. The average Bonchev–Trinajstić information content (AvgIpc) is 2.48. The second kappa shape index (κ2) is 6.35. The van der Waals surface area contributed by atoms with Crippen LogP contribution in [0.4, 0.5) is 0 Å². The summed E-state index contributed by atoms with van der Waals surface area (Å²) in [7, 11) is 0. The lowest BCUT2D eigenvalue weighted by molar-refractivity contribution is -0.131. The Morgan fingerprint density at radius 3 is 1.73 bits per heavy atom. The van der Waals surface area contributed by atoms with Crippen molar-refractivity contribution in [2.24, 2.45) is 0 Å². The molecule has 22 heavy (non-hydrogen) atoms. The largest absolute Gasteiger partial charge is 0.508 e. The number of rotatable bonds is 5. The number of benzene rings is 2. The number of carbonyl (C=O) groups is 1. The standard InChI is InChI=1S/C18H18O4/c1-18(12-2-3-17(21)22,13-4-8-15(19)9-5-13)14-6-10-16(20)11-7-14/h2-11,19-20H,12H2,1H3,(H,21,22). The minimum atomic E-state index is -0.987. The minimum Gasteiger partial charge on any atom is -0.508 e. The fourth-order valence-electron chi connectivity index (χ4n) is 2.46. The van der Waals surface area contributed by atoms with Crippen LogP contribution in [0.2, 0.25) is 0 Å². The summed E-state index contributed by atoms with van der Waals surface area (Å²) in [6.07, 6.45) is 3.22. The molecule has 0 heterocycles. The third-order valence-corrected chi connectivity index (χ3v) is 3.80. The number of hydrogen-bond acceptors (Lipinski definition) is 3. The maximum atomic E-state index is 10.7. The first kappa shape index (κ1) is 15.6. The van der Waals surface area contributed by atoms with Gasteiger partial charge in [0.15, 0.2) is 0 Å². The third kappa shape index (κ3) is 3.47. The predicted octanol–water partition coefficient (Wildman–Crippen LogP) is 3.43. The molecule has 0 unspecified atom stereocenters. The van der Waals surface area contributed by atoms with Crippen molar-refractivity contribution in [1.82, 2.24) is 0 Å². The Morgan fingerprint density at radius 1 is 0.955 bits per heavy atom. The van der Waals surface area contributed by atoms with Crippen molar-refractivity contribution in [3.05, 3.63) is 71.8 Å². The zero-order valence-corrected chi connectivity index (χ0v) is 12.2. The van der Waals surface area contributed by atoms with Crippen LogP contribution in [-0.2, 0) is 10.2 Å². The molecule has 2 aromatic rings. The molecule has 0 aliphatic rings. The molecule has 0 bridgehead atoms. The maximum Gasteiger partial charge on any atom is 0.327 e. The molecule has 4 nitrogen and oxygen atoms in total. The van der Waals surface area contributed by atoms with E-state index in [9.17, 15) is 15.0 Å². The molecule has 0 radical (unpaired) electrons. The fraction of sp³-hybridized carbons (Fsp3) is 0.167. The number of allylic oxidation sites excluding steroid dienone is 1. The lowest BCUT2D eigenvalue weighted by Crippen LogP contribution is -2.22. The van der Waals surface area contributed by atoms with Gasteiger partial charge in [0.1, 0.15) is 11.5 Å². The molecule has 0 aromatic heterocycles. The molecule has 114 valence electrons. The quantitative estimate of drug-likeness (QED) is 0.739. The second-order valence-corrected chi connectivity index (χ2v) is 5.37. The summed E-state index contributed by atoms with van der Waals surface area (Å²) in [5.74, 6) is -0.630. The van der Waals surface area contributed by atoms with Crippen molar-refractivity contribution in [3.8, 4) is 11.5 Å². The van der Waals surface area contributed by atoms with Gasteiger partial charge in [-0.25, -0.2) is 4.79 Å². The second-order valence-electron chi connectivity index (χ2n) is 5.37. The van der Waals surface area contributed by atoms with Crippen LogP contribution in [-0.4, -0.2) is 21.3 Å². The van der Waals surface area contributed by atoms with E-state index in [1.54, 1.807) is 30.3 Å². The van der Waals surface area contributed by atoms with E-state index in [1.807, 2.05) is 31.2 Å². The van der Waals surface area contributed by atoms with Crippen molar-refractivity contribution in [1.29, 1.82) is 0 Å². The molecule has 0 saturated heterocycles. The SMILES string of the molecule is CC(CC=CC(=O)O)(c1ccc(O)cc1)c1ccc(O)cc1. The lowest BCUT2D eigenvalue weighted by Gasteiger charge is -2.30. The lowest BCUT2D eigenvalue weighted by atomic mass is 9.73. The van der Waals surface area contributed by atoms with Crippen molar-refractivity contribution < 1.29 is 20.1 Å². The Labute approximate surface area is 129 Å². The number of phenolic OH excluding ortho intramolecular Hbond substituents is 2. The number of aliphatic carboxylic acids is 1. The summed E-state index contributed by atoms with van der Waals surface area (Å²) in [6.45, 7) is 2.00. The van der Waals surface area contributed by atoms with Gasteiger partial charge in [0.25, 0.3) is 0 Å². The molecule has 0 spiro atoms. The van der Waals surface area contributed by atoms with E-state index in [-0.39, 0.29) is 11.5 Å². The highest BCUT2D eigenvalue weighted by molar-refractivity contribution is 5.79. The van der Waals surface area contributed by atoms with Gasteiger partial charge in [0.05, 0.1) is 0 Å². The summed E-state index contributed by atoms with van der Waals surface area (Å²) in [5, 5.41) is 27.7. The van der Waals surface area contributed by atoms with E-state index < -0.39 is 11.4 Å². The van der Waals surface area contributed by atoms with E-state index in [0.29, 0.717) is 6.42 Å². The molecule has 0 fully saturated rings. The molecule has 0 aliphatic carbocycles. The highest BCUT2D eigenvalue weighted by Gasteiger charge is 2.27. The Balaban J connectivity index is 2.45. The third-order valence-electron chi connectivity index (χ3n) is 3.80. The molecule has 0 saturated carbocycles. The van der Waals surface area contributed by atoms with Gasteiger partial charge in [-0.1, -0.05) is 37.3 Å². The van der Waals surface area contributed by atoms with Gasteiger partial charge in [0.2, 0.25) is 0 Å². The van der Waals surface area contributed by atoms with E-state index in [2.05, 4.69) is 0 Å². The fourth-order valence-corrected chi connectivity index (χ4v) is 2.46. The summed E-state index contributed by atoms with van der Waals surface area (Å²) in [5.41, 5.74) is 1.44. The van der Waals surface area contributed by atoms with E-state index in [1.165, 1.54) is 0 Å². The topological polar surface area (TPSA) is 77.8 Å². The zero-order chi connectivity index (χ0) is 16.2. The van der Waals surface area contributed by atoms with Gasteiger partial charge in [0, 0.05) is 11.5 Å². The van der Waals surface area contributed by atoms with Crippen LogP contribution in [0, 0.1) is 0 Å². The van der Waals surface area contributed by atoms with Crippen LogP contribution < -0.4 is 0 Å². The van der Waals surface area contributed by atoms with Crippen LogP contribution in [0.1, 0.15) is 24.5 Å². The number of aromatic hydroxyl groups is 2. The Hall–Kier alpha value is -2.75. The van der Waals surface area contributed by atoms with Crippen LogP contribution in [0.5, 0.6) is 11.5 Å². The van der Waals surface area contributed by atoms with E-state index >= 15 is 0 Å². The van der Waals surface area contributed by atoms with Crippen molar-refractivity contribution >= 4 is 5.97 Å². The Bertz CT molecular complexity index is 624. The first-order valence-electron chi connectivity index (χ1n) is 6.90. The maximum absolute atomic E-state index is 10.7. The Morgan fingerprint density at radius 2 is 1.36 bits per heavy atom. The van der Waals surface area contributed by atoms with Gasteiger partial charge >= 0.3 is 5.97 Å². The monoisotopic (exact) mass is 298 g/mol. The molecule has 0 amide bonds. The zero-order valence-electron chi connectivity index (χ0n) is 12.2. The van der Waals surface area contributed by atoms with Gasteiger partial charge in [-0.05, 0) is 41.8 Å². The highest BCUT2D eigenvalue weighted by Crippen LogP contribution is 2.37. The molecule has 3 N–H and O–H groups in total. The van der Waals surface area contributed by atoms with Gasteiger partial charge in [-0.3, -0.25) is 0 Å². The molecule has 2 aromatic carbocycles. The van der Waals surface area contributed by atoms with E-state index in [4.69, 9.17) is 5.11 Å². The number of carboxylic acids is 1. The smallest absolute Gasteiger partial charge is 0.327 e. The minimum absolute atomic E-state index is 0.179. The average molecular weight is 298 g/mol. The summed E-state index contributed by atoms with van der Waals surface area (Å²) in [4.78, 5) is 10.7. The Kier molecular flexibility index (Phi) is 4.51. The van der Waals surface area contributed by atoms with Crippen molar-refractivity contribution in [2.45, 2.75) is 18.8 Å². The predicted molar refractivity (Wildman–Crippen MR) is 84.1 cm³/mol. The van der Waals surface area contributed by atoms with Crippen LogP contribution in [0.3, 0.4) is 0 Å². The number of carboxylic acid groups (broad SMARTS) is 1. The molecular formula is C18H18O4. The van der Waals surface area contributed by atoms with Crippen molar-refractivity contribution in [3.63, 3.8) is 0 Å². The summed E-state index contributed by atoms with van der Waals surface area (Å²) < 4.78 is 0. The number of phenols is 2. The van der Waals surface area contributed by atoms with Crippen LogP contribution >= 0.6 is 0 Å². The number of hydrogen-bond donors (Lipinski definition) is 3. The normalized spacial score (nSPS) is 11.7. The van der Waals surface area contributed by atoms with Gasteiger partial charge in [-0.15, -0.1) is 0 Å². The molecule has 2 rings (SSSR count). The van der Waals surface area contributed by atoms with Crippen molar-refractivity contribution in [2.75, 3.05) is 0 Å². The first-order valence-corrected chi connectivity index (χ1v) is 6.90. The molecule has 0 aliphatic heterocycles. The molecule has 0 atom stereocenters. The summed E-state index contributed by atoms with van der Waals surface area (Å²) >= 11 is 0. The van der Waals surface area contributed by atoms with Gasteiger partial charge < -0.3 is 15.3 Å². The van der Waals surface area contributed by atoms with E-state index in [0.717, 1.165) is 17.2 Å². The van der Waals surface area contributed by atoms with Crippen LogP contribution in [0.15, 0.2) is 60.7 Å². The summed E-state index contributed by atoms with van der Waals surface area (Å²) in [6, 6.07) is 13.7. The van der Waals surface area contributed by atoms with Gasteiger partial charge in [-0.2, -0.15) is 0 Å². The molecular weight excluding hydrogens is 280 g/mol. The molecule has 4 heteroatoms. The highest BCUT2D eigenvalue weighted by atomic mass is 16.4.